The highest BCUT2D eigenvalue weighted by molar-refractivity contribution is 5.87. The number of ether oxygens (including phenoxy) is 3. The molecular weight excluding hydrogens is 308 g/mol. The molecule has 5 heteroatoms. The lowest BCUT2D eigenvalue weighted by Gasteiger charge is -2.31. The quantitative estimate of drug-likeness (QED) is 0.584. The summed E-state index contributed by atoms with van der Waals surface area (Å²) in [6.45, 7) is 6.04. The molecule has 1 saturated heterocycles. The minimum absolute atomic E-state index is 0.00776. The van der Waals surface area contributed by atoms with E-state index in [-0.39, 0.29) is 30.3 Å². The van der Waals surface area contributed by atoms with Gasteiger partial charge in [-0.15, -0.1) is 0 Å². The topological polar surface area (TPSA) is 61.8 Å². The van der Waals surface area contributed by atoms with Crippen molar-refractivity contribution in [2.75, 3.05) is 6.61 Å². The van der Waals surface area contributed by atoms with E-state index in [0.717, 1.165) is 38.5 Å². The molecule has 4 aliphatic rings. The summed E-state index contributed by atoms with van der Waals surface area (Å²) in [4.78, 5) is 24.2. The Morgan fingerprint density at radius 3 is 2.54 bits per heavy atom. The fraction of sp³-hybridized carbons (Fsp3) is 0.789. The highest BCUT2D eigenvalue weighted by Gasteiger charge is 2.58. The van der Waals surface area contributed by atoms with Crippen LogP contribution in [0.3, 0.4) is 0 Å². The van der Waals surface area contributed by atoms with Gasteiger partial charge in [0.1, 0.15) is 6.10 Å². The van der Waals surface area contributed by atoms with Gasteiger partial charge in [-0.3, -0.25) is 4.79 Å². The number of rotatable bonds is 4. The molecule has 132 valence electrons. The second kappa shape index (κ2) is 6.17. The first-order chi connectivity index (χ1) is 11.5. The van der Waals surface area contributed by atoms with Gasteiger partial charge >= 0.3 is 11.9 Å². The summed E-state index contributed by atoms with van der Waals surface area (Å²) < 4.78 is 16.6. The fourth-order valence-corrected chi connectivity index (χ4v) is 5.44. The molecule has 0 aromatic carbocycles. The SMILES string of the molecule is C=C(C)C(=O)OC1CC2CC1C1CC(C(=O)OC3CCCO3)CC21. The second-order valence-electron chi connectivity index (χ2n) is 7.99. The number of carbonyl (C=O) groups is 2. The normalized spacial score (nSPS) is 42.8. The van der Waals surface area contributed by atoms with E-state index in [1.165, 1.54) is 0 Å². The predicted octanol–water partition coefficient (Wildman–Crippen LogP) is 2.84. The lowest BCUT2D eigenvalue weighted by molar-refractivity contribution is -0.174. The van der Waals surface area contributed by atoms with Crippen LogP contribution in [0.4, 0.5) is 0 Å². The van der Waals surface area contributed by atoms with Gasteiger partial charge in [-0.25, -0.2) is 4.79 Å². The van der Waals surface area contributed by atoms with Crippen molar-refractivity contribution < 1.29 is 23.8 Å². The third-order valence-electron chi connectivity index (χ3n) is 6.48. The van der Waals surface area contributed by atoms with E-state index in [4.69, 9.17) is 14.2 Å². The molecule has 2 bridgehead atoms. The number of carbonyl (C=O) groups excluding carboxylic acids is 2. The molecule has 0 radical (unpaired) electrons. The van der Waals surface area contributed by atoms with Crippen LogP contribution in [-0.2, 0) is 23.8 Å². The van der Waals surface area contributed by atoms with Crippen molar-refractivity contribution in [2.45, 2.75) is 57.8 Å². The number of hydrogen-bond acceptors (Lipinski definition) is 5. The van der Waals surface area contributed by atoms with E-state index < -0.39 is 0 Å². The third-order valence-corrected chi connectivity index (χ3v) is 6.48. The van der Waals surface area contributed by atoms with Crippen LogP contribution in [0.15, 0.2) is 12.2 Å². The first-order valence-corrected chi connectivity index (χ1v) is 9.21. The molecule has 0 aromatic rings. The van der Waals surface area contributed by atoms with E-state index in [1.54, 1.807) is 6.92 Å². The first kappa shape index (κ1) is 16.1. The highest BCUT2D eigenvalue weighted by Crippen LogP contribution is 2.61. The van der Waals surface area contributed by atoms with Crippen molar-refractivity contribution in [2.24, 2.45) is 29.6 Å². The minimum Gasteiger partial charge on any atom is -0.459 e. The zero-order valence-electron chi connectivity index (χ0n) is 14.2. The van der Waals surface area contributed by atoms with Crippen LogP contribution in [0.2, 0.25) is 0 Å². The third kappa shape index (κ3) is 2.77. The van der Waals surface area contributed by atoms with Gasteiger partial charge in [0.15, 0.2) is 0 Å². The molecule has 0 spiro atoms. The summed E-state index contributed by atoms with van der Waals surface area (Å²) in [7, 11) is 0. The Morgan fingerprint density at radius 2 is 1.83 bits per heavy atom. The highest BCUT2D eigenvalue weighted by atomic mass is 16.7. The molecule has 3 saturated carbocycles. The summed E-state index contributed by atoms with van der Waals surface area (Å²) in [5.41, 5.74) is 0.457. The standard InChI is InChI=1S/C19H26O5/c1-10(2)18(20)23-16-9-11-6-15(16)14-8-12(7-13(11)14)19(21)24-17-4-3-5-22-17/h11-17H,1,3-9H2,2H3. The minimum atomic E-state index is -0.334. The van der Waals surface area contributed by atoms with E-state index in [1.807, 2.05) is 0 Å². The Bertz CT molecular complexity index is 550. The van der Waals surface area contributed by atoms with Crippen LogP contribution in [-0.4, -0.2) is 30.9 Å². The summed E-state index contributed by atoms with van der Waals surface area (Å²) >= 11 is 0. The second-order valence-corrected chi connectivity index (χ2v) is 7.99. The summed E-state index contributed by atoms with van der Waals surface area (Å²) in [6.07, 6.45) is 5.34. The van der Waals surface area contributed by atoms with Crippen molar-refractivity contribution in [3.05, 3.63) is 12.2 Å². The summed E-state index contributed by atoms with van der Waals surface area (Å²) in [5, 5.41) is 0. The van der Waals surface area contributed by atoms with E-state index >= 15 is 0 Å². The van der Waals surface area contributed by atoms with Crippen molar-refractivity contribution in [3.63, 3.8) is 0 Å². The van der Waals surface area contributed by atoms with Crippen LogP contribution in [0.1, 0.15) is 45.4 Å². The maximum Gasteiger partial charge on any atom is 0.333 e. The zero-order valence-corrected chi connectivity index (χ0v) is 14.2. The fourth-order valence-electron chi connectivity index (χ4n) is 5.44. The van der Waals surface area contributed by atoms with Crippen LogP contribution in [0, 0.1) is 29.6 Å². The van der Waals surface area contributed by atoms with E-state index in [0.29, 0.717) is 35.9 Å². The molecule has 4 fully saturated rings. The van der Waals surface area contributed by atoms with Gasteiger partial charge in [-0.1, -0.05) is 6.58 Å². The first-order valence-electron chi connectivity index (χ1n) is 9.21. The lowest BCUT2D eigenvalue weighted by atomic mass is 9.80. The largest absolute Gasteiger partial charge is 0.459 e. The molecule has 0 aromatic heterocycles. The molecule has 0 N–H and O–H groups in total. The van der Waals surface area contributed by atoms with Crippen LogP contribution in [0.25, 0.3) is 0 Å². The van der Waals surface area contributed by atoms with Gasteiger partial charge in [-0.05, 0) is 62.7 Å². The van der Waals surface area contributed by atoms with Gasteiger partial charge in [-0.2, -0.15) is 0 Å². The number of hydrogen-bond donors (Lipinski definition) is 0. The van der Waals surface area contributed by atoms with Crippen LogP contribution >= 0.6 is 0 Å². The van der Waals surface area contributed by atoms with E-state index in [2.05, 4.69) is 6.58 Å². The number of esters is 2. The molecular formula is C19H26O5. The van der Waals surface area contributed by atoms with Gasteiger partial charge in [0, 0.05) is 12.0 Å². The van der Waals surface area contributed by atoms with Gasteiger partial charge in [0.05, 0.1) is 12.5 Å². The molecule has 3 aliphatic carbocycles. The Kier molecular flexibility index (Phi) is 4.15. The zero-order chi connectivity index (χ0) is 16.8. The smallest absolute Gasteiger partial charge is 0.333 e. The Hall–Kier alpha value is -1.36. The van der Waals surface area contributed by atoms with Crippen LogP contribution < -0.4 is 0 Å². The molecule has 1 heterocycles. The lowest BCUT2D eigenvalue weighted by Crippen LogP contribution is -2.32. The van der Waals surface area contributed by atoms with Crippen molar-refractivity contribution in [1.82, 2.24) is 0 Å². The van der Waals surface area contributed by atoms with E-state index in [9.17, 15) is 9.59 Å². The molecule has 5 nitrogen and oxygen atoms in total. The van der Waals surface area contributed by atoms with Gasteiger partial charge in [0.25, 0.3) is 0 Å². The van der Waals surface area contributed by atoms with Crippen molar-refractivity contribution in [3.8, 4) is 0 Å². The van der Waals surface area contributed by atoms with Crippen LogP contribution in [0.5, 0.6) is 0 Å². The van der Waals surface area contributed by atoms with Crippen molar-refractivity contribution >= 4 is 11.9 Å². The molecule has 7 unspecified atom stereocenters. The Morgan fingerprint density at radius 1 is 1.04 bits per heavy atom. The maximum atomic E-state index is 12.4. The molecule has 4 rings (SSSR count). The molecule has 24 heavy (non-hydrogen) atoms. The maximum absolute atomic E-state index is 12.4. The average molecular weight is 334 g/mol. The Balaban J connectivity index is 1.35. The van der Waals surface area contributed by atoms with Gasteiger partial charge < -0.3 is 14.2 Å². The molecule has 1 aliphatic heterocycles. The van der Waals surface area contributed by atoms with Crippen molar-refractivity contribution in [1.29, 1.82) is 0 Å². The monoisotopic (exact) mass is 334 g/mol. The predicted molar refractivity (Wildman–Crippen MR) is 85.7 cm³/mol. The average Bonchev–Trinajstić information content (AvgIpc) is 3.28. The molecule has 0 amide bonds. The Labute approximate surface area is 142 Å². The summed E-state index contributed by atoms with van der Waals surface area (Å²) in [6, 6.07) is 0. The summed E-state index contributed by atoms with van der Waals surface area (Å²) in [5.74, 6) is 1.70. The molecule has 7 atom stereocenters. The van der Waals surface area contributed by atoms with Gasteiger partial charge in [0.2, 0.25) is 6.29 Å². The number of fused-ring (bicyclic) bond motifs is 5.